The van der Waals surface area contributed by atoms with Crippen molar-refractivity contribution >= 4 is 12.4 Å². The number of hydrogen-bond donors (Lipinski definition) is 1. The van der Waals surface area contributed by atoms with Gasteiger partial charge in [-0.3, -0.25) is 4.90 Å². The predicted molar refractivity (Wildman–Crippen MR) is 85.4 cm³/mol. The summed E-state index contributed by atoms with van der Waals surface area (Å²) in [4.78, 5) is 2.61. The highest BCUT2D eigenvalue weighted by atomic mass is 35.5. The Kier molecular flexibility index (Phi) is 3.79. The van der Waals surface area contributed by atoms with Crippen molar-refractivity contribution in [1.29, 1.82) is 0 Å². The highest BCUT2D eigenvalue weighted by Crippen LogP contribution is 2.45. The van der Waals surface area contributed by atoms with E-state index >= 15 is 0 Å². The minimum Gasteiger partial charge on any atom is -0.314 e. The fraction of sp³-hybridized carbons (Fsp3) is 0.294. The molecule has 1 saturated heterocycles. The maximum absolute atomic E-state index is 3.44. The van der Waals surface area contributed by atoms with Crippen molar-refractivity contribution in [1.82, 2.24) is 10.2 Å². The van der Waals surface area contributed by atoms with Gasteiger partial charge in [-0.05, 0) is 22.3 Å². The zero-order valence-electron chi connectivity index (χ0n) is 11.4. The molecule has 0 atom stereocenters. The lowest BCUT2D eigenvalue weighted by molar-refractivity contribution is 0.201. The zero-order chi connectivity index (χ0) is 12.7. The largest absolute Gasteiger partial charge is 0.314 e. The lowest BCUT2D eigenvalue weighted by Gasteiger charge is -2.33. The van der Waals surface area contributed by atoms with E-state index in [0.717, 1.165) is 26.2 Å². The quantitative estimate of drug-likeness (QED) is 0.867. The first-order chi connectivity index (χ1) is 9.45. The number of piperazine rings is 1. The van der Waals surface area contributed by atoms with Gasteiger partial charge in [0.05, 0.1) is 6.04 Å². The fourth-order valence-electron chi connectivity index (χ4n) is 3.46. The molecule has 1 aliphatic heterocycles. The van der Waals surface area contributed by atoms with Gasteiger partial charge in [0.15, 0.2) is 0 Å². The molecular formula is C17H19ClN2. The number of hydrogen-bond acceptors (Lipinski definition) is 2. The second kappa shape index (κ2) is 5.57. The van der Waals surface area contributed by atoms with Gasteiger partial charge in [-0.25, -0.2) is 0 Å². The number of rotatable bonds is 1. The number of halogens is 1. The molecule has 2 aromatic rings. The third-order valence-electron chi connectivity index (χ3n) is 4.32. The Morgan fingerprint density at radius 3 is 1.85 bits per heavy atom. The highest BCUT2D eigenvalue weighted by molar-refractivity contribution is 5.85. The van der Waals surface area contributed by atoms with E-state index in [-0.39, 0.29) is 12.4 Å². The van der Waals surface area contributed by atoms with Gasteiger partial charge in [-0.1, -0.05) is 48.5 Å². The van der Waals surface area contributed by atoms with Gasteiger partial charge in [0.1, 0.15) is 0 Å². The van der Waals surface area contributed by atoms with E-state index in [1.165, 1.54) is 22.3 Å². The first-order valence-corrected chi connectivity index (χ1v) is 7.08. The average Bonchev–Trinajstić information content (AvgIpc) is 2.83. The summed E-state index contributed by atoms with van der Waals surface area (Å²) in [6.45, 7) is 4.46. The van der Waals surface area contributed by atoms with Gasteiger partial charge in [-0.15, -0.1) is 12.4 Å². The molecule has 0 unspecified atom stereocenters. The van der Waals surface area contributed by atoms with E-state index in [1.54, 1.807) is 0 Å². The molecular weight excluding hydrogens is 268 g/mol. The van der Waals surface area contributed by atoms with Gasteiger partial charge in [-0.2, -0.15) is 0 Å². The van der Waals surface area contributed by atoms with Gasteiger partial charge >= 0.3 is 0 Å². The van der Waals surface area contributed by atoms with Crippen LogP contribution in [-0.4, -0.2) is 31.1 Å². The summed E-state index contributed by atoms with van der Waals surface area (Å²) in [5, 5.41) is 3.44. The van der Waals surface area contributed by atoms with Gasteiger partial charge in [0, 0.05) is 26.2 Å². The molecule has 0 amide bonds. The number of nitrogens with one attached hydrogen (secondary N) is 1. The highest BCUT2D eigenvalue weighted by Gasteiger charge is 2.32. The van der Waals surface area contributed by atoms with E-state index in [1.807, 2.05) is 0 Å². The summed E-state index contributed by atoms with van der Waals surface area (Å²) in [6.07, 6.45) is 0. The lowest BCUT2D eigenvalue weighted by Crippen LogP contribution is -2.45. The van der Waals surface area contributed by atoms with E-state index in [2.05, 4.69) is 58.7 Å². The fourth-order valence-corrected chi connectivity index (χ4v) is 3.46. The van der Waals surface area contributed by atoms with Crippen molar-refractivity contribution in [3.63, 3.8) is 0 Å². The lowest BCUT2D eigenvalue weighted by atomic mass is 10.0. The third kappa shape index (κ3) is 2.05. The van der Waals surface area contributed by atoms with E-state index in [9.17, 15) is 0 Å². The predicted octanol–water partition coefficient (Wildman–Crippen LogP) is 3.08. The standard InChI is InChI=1S/C17H18N2.ClH/c1-3-7-15-13(5-1)14-6-2-4-8-16(14)17(15)19-11-9-18-10-12-19;/h1-8,17-18H,9-12H2;1H. The van der Waals surface area contributed by atoms with Crippen molar-refractivity contribution < 1.29 is 0 Å². The van der Waals surface area contributed by atoms with Crippen LogP contribution in [-0.2, 0) is 0 Å². The number of nitrogens with zero attached hydrogens (tertiary/aromatic N) is 1. The van der Waals surface area contributed by atoms with Crippen molar-refractivity contribution in [2.75, 3.05) is 26.2 Å². The Labute approximate surface area is 126 Å². The van der Waals surface area contributed by atoms with Gasteiger partial charge < -0.3 is 5.32 Å². The molecule has 2 nitrogen and oxygen atoms in total. The van der Waals surface area contributed by atoms with Gasteiger partial charge in [0.2, 0.25) is 0 Å². The normalized spacial score (nSPS) is 18.2. The third-order valence-corrected chi connectivity index (χ3v) is 4.32. The van der Waals surface area contributed by atoms with Crippen LogP contribution in [0, 0.1) is 0 Å². The van der Waals surface area contributed by atoms with Crippen LogP contribution in [0.1, 0.15) is 17.2 Å². The Balaban J connectivity index is 0.00000121. The van der Waals surface area contributed by atoms with Crippen molar-refractivity contribution in [3.8, 4) is 11.1 Å². The first kappa shape index (κ1) is 13.6. The first-order valence-electron chi connectivity index (χ1n) is 7.08. The Morgan fingerprint density at radius 1 is 0.800 bits per heavy atom. The summed E-state index contributed by atoms with van der Waals surface area (Å²) in [5.41, 5.74) is 5.79. The molecule has 104 valence electrons. The summed E-state index contributed by atoms with van der Waals surface area (Å²) in [7, 11) is 0. The minimum absolute atomic E-state index is 0. The van der Waals surface area contributed by atoms with Crippen LogP contribution in [0.2, 0.25) is 0 Å². The molecule has 3 heteroatoms. The molecule has 0 radical (unpaired) electrons. The molecule has 2 aliphatic rings. The summed E-state index contributed by atoms with van der Waals surface area (Å²) in [5.74, 6) is 0. The van der Waals surface area contributed by atoms with Crippen LogP contribution < -0.4 is 5.32 Å². The molecule has 2 aromatic carbocycles. The second-order valence-electron chi connectivity index (χ2n) is 5.36. The molecule has 0 aromatic heterocycles. The molecule has 0 spiro atoms. The SMILES string of the molecule is Cl.c1ccc2c(c1)-c1ccccc1C2N1CCNCC1. The van der Waals surface area contributed by atoms with Crippen molar-refractivity contribution in [2.24, 2.45) is 0 Å². The molecule has 1 N–H and O–H groups in total. The van der Waals surface area contributed by atoms with E-state index in [0.29, 0.717) is 6.04 Å². The molecule has 20 heavy (non-hydrogen) atoms. The van der Waals surface area contributed by atoms with Crippen molar-refractivity contribution in [3.05, 3.63) is 59.7 Å². The maximum atomic E-state index is 3.44. The van der Waals surface area contributed by atoms with E-state index in [4.69, 9.17) is 0 Å². The van der Waals surface area contributed by atoms with Crippen LogP contribution in [0.25, 0.3) is 11.1 Å². The summed E-state index contributed by atoms with van der Waals surface area (Å²) < 4.78 is 0. The molecule has 0 saturated carbocycles. The Hall–Kier alpha value is -1.35. The number of benzene rings is 2. The second-order valence-corrected chi connectivity index (χ2v) is 5.36. The topological polar surface area (TPSA) is 15.3 Å². The molecule has 0 bridgehead atoms. The maximum Gasteiger partial charge on any atom is 0.0614 e. The van der Waals surface area contributed by atoms with Crippen LogP contribution in [0.5, 0.6) is 0 Å². The van der Waals surface area contributed by atoms with Crippen LogP contribution in [0.3, 0.4) is 0 Å². The van der Waals surface area contributed by atoms with Crippen LogP contribution >= 0.6 is 12.4 Å². The summed E-state index contributed by atoms with van der Waals surface area (Å²) >= 11 is 0. The zero-order valence-corrected chi connectivity index (χ0v) is 12.2. The Morgan fingerprint density at radius 2 is 1.30 bits per heavy atom. The molecule has 1 aliphatic carbocycles. The Bertz CT molecular complexity index is 560. The average molecular weight is 287 g/mol. The van der Waals surface area contributed by atoms with Crippen molar-refractivity contribution in [2.45, 2.75) is 6.04 Å². The smallest absolute Gasteiger partial charge is 0.0614 e. The van der Waals surface area contributed by atoms with Gasteiger partial charge in [0.25, 0.3) is 0 Å². The number of fused-ring (bicyclic) bond motifs is 3. The van der Waals surface area contributed by atoms with Crippen LogP contribution in [0.15, 0.2) is 48.5 Å². The van der Waals surface area contributed by atoms with E-state index < -0.39 is 0 Å². The minimum atomic E-state index is 0. The molecule has 4 rings (SSSR count). The molecule has 1 heterocycles. The molecule has 1 fully saturated rings. The summed E-state index contributed by atoms with van der Waals surface area (Å²) in [6, 6.07) is 18.2. The van der Waals surface area contributed by atoms with Crippen LogP contribution in [0.4, 0.5) is 0 Å². The monoisotopic (exact) mass is 286 g/mol.